The predicted octanol–water partition coefficient (Wildman–Crippen LogP) is 10.9. The summed E-state index contributed by atoms with van der Waals surface area (Å²) < 4.78 is 13.1. The number of allylic oxidation sites excluding steroid dienone is 6. The third kappa shape index (κ3) is 4.59. The maximum Gasteiger partial charge on any atom is 0.164 e. The highest BCUT2D eigenvalue weighted by Crippen LogP contribution is 2.53. The van der Waals surface area contributed by atoms with Crippen LogP contribution in [0.1, 0.15) is 34.4 Å². The number of rotatable bonds is 4. The molecule has 0 saturated heterocycles. The molecular weight excluding hydrogens is 639 g/mol. The van der Waals surface area contributed by atoms with Crippen LogP contribution in [0.3, 0.4) is 0 Å². The quantitative estimate of drug-likeness (QED) is 0.175. The summed E-state index contributed by atoms with van der Waals surface area (Å²) in [5.74, 6) is 4.81. The Bertz CT molecular complexity index is 2730. The van der Waals surface area contributed by atoms with E-state index < -0.39 is 0 Å². The van der Waals surface area contributed by atoms with Crippen LogP contribution in [0.15, 0.2) is 170 Å². The Morgan fingerprint density at radius 1 is 0.519 bits per heavy atom. The van der Waals surface area contributed by atoms with Crippen LogP contribution < -0.4 is 9.47 Å². The van der Waals surface area contributed by atoms with Gasteiger partial charge < -0.3 is 9.47 Å². The van der Waals surface area contributed by atoms with Gasteiger partial charge in [0.15, 0.2) is 17.5 Å². The first-order valence-electron chi connectivity index (χ1n) is 17.8. The fraction of sp³-hybridized carbons (Fsp3) is 0.0851. The van der Waals surface area contributed by atoms with Gasteiger partial charge in [0, 0.05) is 39.7 Å². The molecule has 4 aliphatic rings. The molecule has 0 N–H and O–H groups in total. The van der Waals surface area contributed by atoms with E-state index in [0.29, 0.717) is 17.5 Å². The van der Waals surface area contributed by atoms with Gasteiger partial charge in [-0.3, -0.25) is 0 Å². The summed E-state index contributed by atoms with van der Waals surface area (Å²) in [6, 6.07) is 42.5. The van der Waals surface area contributed by atoms with E-state index in [1.54, 1.807) is 0 Å². The molecule has 5 heteroatoms. The highest BCUT2D eigenvalue weighted by Gasteiger charge is 2.40. The SMILES string of the molecule is C1=CC2Oc3cc(C4C=CC=C5Oc6ccccc6C54)cc(-c4nc(-c5ccccc5)nc(-c5ccc6c(ccc7ccccc76)c5)n4)c3C2C=C1. The van der Waals surface area contributed by atoms with E-state index in [1.807, 2.05) is 24.3 Å². The van der Waals surface area contributed by atoms with E-state index in [-0.39, 0.29) is 23.9 Å². The van der Waals surface area contributed by atoms with Crippen LogP contribution in [0, 0.1) is 0 Å². The minimum absolute atomic E-state index is 0.0372. The van der Waals surface area contributed by atoms with Crippen LogP contribution in [0.25, 0.3) is 55.7 Å². The Balaban J connectivity index is 1.12. The number of fused-ring (bicyclic) bond motifs is 9. The van der Waals surface area contributed by atoms with Gasteiger partial charge >= 0.3 is 0 Å². The third-order valence-electron chi connectivity index (χ3n) is 10.9. The van der Waals surface area contributed by atoms with Crippen LogP contribution in [0.5, 0.6) is 11.5 Å². The topological polar surface area (TPSA) is 57.1 Å². The number of ether oxygens (including phenoxy) is 2. The second-order valence-corrected chi connectivity index (χ2v) is 13.9. The van der Waals surface area contributed by atoms with Gasteiger partial charge in [0.25, 0.3) is 0 Å². The van der Waals surface area contributed by atoms with Crippen molar-refractivity contribution in [2.45, 2.75) is 23.9 Å². The van der Waals surface area contributed by atoms with Gasteiger partial charge in [-0.2, -0.15) is 0 Å². The molecule has 0 bridgehead atoms. The number of para-hydroxylation sites is 1. The molecule has 4 unspecified atom stereocenters. The Kier molecular flexibility index (Phi) is 6.44. The van der Waals surface area contributed by atoms with Gasteiger partial charge in [-0.15, -0.1) is 0 Å². The van der Waals surface area contributed by atoms with Gasteiger partial charge in [-0.05, 0) is 63.5 Å². The Morgan fingerprint density at radius 2 is 1.27 bits per heavy atom. The van der Waals surface area contributed by atoms with E-state index in [4.69, 9.17) is 24.4 Å². The molecule has 52 heavy (non-hydrogen) atoms. The molecule has 246 valence electrons. The molecule has 11 rings (SSSR count). The van der Waals surface area contributed by atoms with Crippen molar-refractivity contribution >= 4 is 21.5 Å². The fourth-order valence-electron chi connectivity index (χ4n) is 8.43. The molecule has 1 aromatic heterocycles. The Labute approximate surface area is 301 Å². The first kappa shape index (κ1) is 29.2. The molecule has 0 radical (unpaired) electrons. The second-order valence-electron chi connectivity index (χ2n) is 13.9. The molecule has 0 fully saturated rings. The normalized spacial score (nSPS) is 20.5. The number of nitrogens with zero attached hydrogens (tertiary/aromatic N) is 3. The van der Waals surface area contributed by atoms with Crippen LogP contribution in [-0.2, 0) is 0 Å². The number of hydrogen-bond donors (Lipinski definition) is 0. The fourth-order valence-corrected chi connectivity index (χ4v) is 8.43. The van der Waals surface area contributed by atoms with Gasteiger partial charge in [0.1, 0.15) is 23.4 Å². The summed E-state index contributed by atoms with van der Waals surface area (Å²) in [7, 11) is 0. The van der Waals surface area contributed by atoms with Crippen molar-refractivity contribution in [3.05, 3.63) is 186 Å². The van der Waals surface area contributed by atoms with Crippen molar-refractivity contribution in [3.8, 4) is 45.7 Å². The molecule has 4 atom stereocenters. The smallest absolute Gasteiger partial charge is 0.164 e. The zero-order valence-electron chi connectivity index (χ0n) is 28.1. The second kappa shape index (κ2) is 11.5. The maximum atomic E-state index is 6.72. The molecular formula is C47H31N3O2. The molecule has 0 spiro atoms. The maximum absolute atomic E-state index is 6.72. The lowest BCUT2D eigenvalue weighted by atomic mass is 9.77. The lowest BCUT2D eigenvalue weighted by Gasteiger charge is -2.25. The van der Waals surface area contributed by atoms with Crippen LogP contribution in [0.4, 0.5) is 0 Å². The highest BCUT2D eigenvalue weighted by molar-refractivity contribution is 6.08. The zero-order valence-corrected chi connectivity index (χ0v) is 28.1. The van der Waals surface area contributed by atoms with E-state index in [0.717, 1.165) is 50.5 Å². The molecule has 5 nitrogen and oxygen atoms in total. The predicted molar refractivity (Wildman–Crippen MR) is 206 cm³/mol. The summed E-state index contributed by atoms with van der Waals surface area (Å²) in [6.45, 7) is 0. The van der Waals surface area contributed by atoms with Crippen LogP contribution in [-0.4, -0.2) is 21.1 Å². The lowest BCUT2D eigenvalue weighted by molar-refractivity contribution is 0.268. The van der Waals surface area contributed by atoms with Crippen molar-refractivity contribution in [2.24, 2.45) is 0 Å². The van der Waals surface area contributed by atoms with Gasteiger partial charge in [-0.25, -0.2) is 15.0 Å². The Hall–Kier alpha value is -6.59. The monoisotopic (exact) mass is 669 g/mol. The standard InChI is InChI=1S/C47H31N3O2/c1-2-12-29(13-3-1)45-48-46(31-23-24-34-30(25-31)22-21-28-11-4-5-14-33(28)34)50-47(49-45)38-26-32(27-42-44(38)37-16-7-9-19-40(37)52-42)35-17-10-20-41-43(35)36-15-6-8-18-39(36)51-41/h1-27,35,37,40,43H. The molecule has 2 aliphatic heterocycles. The van der Waals surface area contributed by atoms with Gasteiger partial charge in [0.2, 0.25) is 0 Å². The molecule has 0 saturated carbocycles. The van der Waals surface area contributed by atoms with Crippen molar-refractivity contribution in [2.75, 3.05) is 0 Å². The average molecular weight is 670 g/mol. The third-order valence-corrected chi connectivity index (χ3v) is 10.9. The zero-order chi connectivity index (χ0) is 34.2. The Morgan fingerprint density at radius 3 is 2.21 bits per heavy atom. The molecule has 3 heterocycles. The first-order valence-corrected chi connectivity index (χ1v) is 17.8. The first-order chi connectivity index (χ1) is 25.7. The largest absolute Gasteiger partial charge is 0.485 e. The molecule has 6 aromatic carbocycles. The highest BCUT2D eigenvalue weighted by atomic mass is 16.5. The van der Waals surface area contributed by atoms with Crippen molar-refractivity contribution in [1.82, 2.24) is 15.0 Å². The summed E-state index contributed by atoms with van der Waals surface area (Å²) >= 11 is 0. The number of benzene rings is 6. The average Bonchev–Trinajstić information content (AvgIpc) is 3.79. The van der Waals surface area contributed by atoms with E-state index >= 15 is 0 Å². The van der Waals surface area contributed by atoms with E-state index in [1.165, 1.54) is 21.7 Å². The summed E-state index contributed by atoms with van der Waals surface area (Å²) in [4.78, 5) is 15.6. The lowest BCUT2D eigenvalue weighted by Crippen LogP contribution is -2.16. The minimum Gasteiger partial charge on any atom is -0.485 e. The number of hydrogen-bond acceptors (Lipinski definition) is 5. The van der Waals surface area contributed by atoms with Crippen molar-refractivity contribution in [3.63, 3.8) is 0 Å². The van der Waals surface area contributed by atoms with Crippen LogP contribution >= 0.6 is 0 Å². The van der Waals surface area contributed by atoms with Gasteiger partial charge in [-0.1, -0.05) is 127 Å². The molecule has 7 aromatic rings. The minimum atomic E-state index is -0.0906. The van der Waals surface area contributed by atoms with Crippen molar-refractivity contribution in [1.29, 1.82) is 0 Å². The van der Waals surface area contributed by atoms with E-state index in [9.17, 15) is 0 Å². The summed E-state index contributed by atoms with van der Waals surface area (Å²) in [5.41, 5.74) is 6.28. The van der Waals surface area contributed by atoms with Gasteiger partial charge in [0.05, 0.1) is 5.92 Å². The van der Waals surface area contributed by atoms with Crippen LogP contribution in [0.2, 0.25) is 0 Å². The van der Waals surface area contributed by atoms with Crippen molar-refractivity contribution < 1.29 is 9.47 Å². The van der Waals surface area contributed by atoms with E-state index in [2.05, 4.69) is 140 Å². The molecule has 2 aliphatic carbocycles. The summed E-state index contributed by atoms with van der Waals surface area (Å²) in [5, 5.41) is 4.80. The number of aromatic nitrogens is 3. The summed E-state index contributed by atoms with van der Waals surface area (Å²) in [6.07, 6.45) is 14.9. The molecule has 0 amide bonds.